The Morgan fingerprint density at radius 1 is 1.10 bits per heavy atom. The summed E-state index contributed by atoms with van der Waals surface area (Å²) in [4.78, 5) is 14.8. The summed E-state index contributed by atoms with van der Waals surface area (Å²) in [5.41, 5.74) is 2.28. The van der Waals surface area contributed by atoms with Crippen LogP contribution in [0.2, 0.25) is 0 Å². The molecule has 2 unspecified atom stereocenters. The van der Waals surface area contributed by atoms with E-state index in [4.69, 9.17) is 0 Å². The Labute approximate surface area is 128 Å². The van der Waals surface area contributed by atoms with Gasteiger partial charge < -0.3 is 10.2 Å². The number of rotatable bonds is 2. The van der Waals surface area contributed by atoms with Gasteiger partial charge in [0.1, 0.15) is 0 Å². The van der Waals surface area contributed by atoms with Crippen LogP contribution in [0.4, 0.5) is 5.69 Å². The minimum atomic E-state index is 0. The standard InChI is InChI=1S/C17H20N2O.BH3/c20-17(18-15-4-2-1-3-5-15)8-16-13-6-12-7-14(16)11-19(9-12)10-13;/h1-5,8,12-14H,6-7,9-11H2,(H,18,20);1H3. The van der Waals surface area contributed by atoms with E-state index < -0.39 is 0 Å². The van der Waals surface area contributed by atoms with Crippen LogP contribution in [0.15, 0.2) is 42.0 Å². The Hall–Kier alpha value is -1.55. The Morgan fingerprint density at radius 3 is 2.38 bits per heavy atom. The molecule has 110 valence electrons. The Morgan fingerprint density at radius 2 is 1.76 bits per heavy atom. The van der Waals surface area contributed by atoms with Crippen molar-refractivity contribution in [3.63, 3.8) is 0 Å². The van der Waals surface area contributed by atoms with E-state index in [1.807, 2.05) is 36.4 Å². The summed E-state index contributed by atoms with van der Waals surface area (Å²) < 4.78 is 0. The van der Waals surface area contributed by atoms with E-state index >= 15 is 0 Å². The summed E-state index contributed by atoms with van der Waals surface area (Å²) in [5.74, 6) is 2.17. The molecule has 4 heteroatoms. The van der Waals surface area contributed by atoms with E-state index in [-0.39, 0.29) is 14.3 Å². The van der Waals surface area contributed by atoms with Crippen LogP contribution in [0.25, 0.3) is 0 Å². The maximum absolute atomic E-state index is 12.2. The second-order valence-electron chi connectivity index (χ2n) is 6.45. The first kappa shape index (κ1) is 14.4. The molecule has 1 aromatic rings. The first-order chi connectivity index (χ1) is 9.78. The van der Waals surface area contributed by atoms with Gasteiger partial charge in [-0.2, -0.15) is 0 Å². The second-order valence-corrected chi connectivity index (χ2v) is 6.45. The van der Waals surface area contributed by atoms with Gasteiger partial charge in [0, 0.05) is 31.4 Å². The normalized spacial score (nSPS) is 32.5. The zero-order valence-electron chi connectivity index (χ0n) is 11.6. The highest BCUT2D eigenvalue weighted by molar-refractivity contribution is 5.99. The number of amides is 1. The minimum Gasteiger partial charge on any atom is -0.323 e. The summed E-state index contributed by atoms with van der Waals surface area (Å²) in [6.45, 7) is 3.62. The third-order valence-electron chi connectivity index (χ3n) is 4.99. The lowest BCUT2D eigenvalue weighted by Crippen LogP contribution is -2.54. The highest BCUT2D eigenvalue weighted by Crippen LogP contribution is 2.46. The van der Waals surface area contributed by atoms with Crippen molar-refractivity contribution in [2.45, 2.75) is 12.8 Å². The molecular formula is C17H23BN2O. The molecule has 0 spiro atoms. The van der Waals surface area contributed by atoms with Crippen LogP contribution < -0.4 is 5.32 Å². The number of carbonyl (C=O) groups is 1. The average Bonchev–Trinajstić information content (AvgIpc) is 2.43. The number of para-hydroxylation sites is 1. The number of hydrogen-bond donors (Lipinski definition) is 1. The first-order valence-electron chi connectivity index (χ1n) is 7.58. The van der Waals surface area contributed by atoms with Crippen molar-refractivity contribution in [3.05, 3.63) is 42.0 Å². The number of piperidine rings is 3. The van der Waals surface area contributed by atoms with E-state index in [0.717, 1.165) is 24.7 Å². The van der Waals surface area contributed by atoms with Gasteiger partial charge in [-0.05, 0) is 42.7 Å². The van der Waals surface area contributed by atoms with Gasteiger partial charge in [-0.25, -0.2) is 0 Å². The molecule has 0 radical (unpaired) electrons. The Balaban J connectivity index is 0.00000132. The maximum Gasteiger partial charge on any atom is 0.248 e. The fourth-order valence-electron chi connectivity index (χ4n) is 4.31. The first-order valence-corrected chi connectivity index (χ1v) is 7.58. The summed E-state index contributed by atoms with van der Waals surface area (Å²) in [5, 5.41) is 2.97. The number of benzene rings is 1. The summed E-state index contributed by atoms with van der Waals surface area (Å²) in [7, 11) is 0. The molecule has 1 aromatic carbocycles. The van der Waals surface area contributed by atoms with Crippen LogP contribution in [0.3, 0.4) is 0 Å². The predicted octanol–water partition coefficient (Wildman–Crippen LogP) is 1.34. The van der Waals surface area contributed by atoms with E-state index in [2.05, 4.69) is 10.2 Å². The van der Waals surface area contributed by atoms with Gasteiger partial charge in [0.25, 0.3) is 0 Å². The molecule has 5 rings (SSSR count). The molecule has 4 fully saturated rings. The molecule has 1 saturated carbocycles. The van der Waals surface area contributed by atoms with Gasteiger partial charge in [0.15, 0.2) is 0 Å². The Kier molecular flexibility index (Phi) is 3.90. The largest absolute Gasteiger partial charge is 0.323 e. The molecule has 3 heterocycles. The van der Waals surface area contributed by atoms with Crippen molar-refractivity contribution in [3.8, 4) is 0 Å². The highest BCUT2D eigenvalue weighted by atomic mass is 16.1. The van der Waals surface area contributed by atoms with E-state index in [0.29, 0.717) is 11.8 Å². The zero-order chi connectivity index (χ0) is 13.5. The number of carbonyl (C=O) groups excluding carboxylic acids is 1. The van der Waals surface area contributed by atoms with Crippen molar-refractivity contribution in [2.24, 2.45) is 17.8 Å². The predicted molar refractivity (Wildman–Crippen MR) is 89.2 cm³/mol. The number of nitrogens with zero attached hydrogens (tertiary/aromatic N) is 1. The number of nitrogens with one attached hydrogen (secondary N) is 1. The van der Waals surface area contributed by atoms with Gasteiger partial charge >= 0.3 is 0 Å². The molecule has 4 bridgehead atoms. The fourth-order valence-corrected chi connectivity index (χ4v) is 4.31. The average molecular weight is 282 g/mol. The van der Waals surface area contributed by atoms with Gasteiger partial charge in [0.2, 0.25) is 5.91 Å². The van der Waals surface area contributed by atoms with Crippen LogP contribution in [0.5, 0.6) is 0 Å². The fraction of sp³-hybridized carbons (Fsp3) is 0.471. The summed E-state index contributed by atoms with van der Waals surface area (Å²) >= 11 is 0. The highest BCUT2D eigenvalue weighted by Gasteiger charge is 2.44. The second kappa shape index (κ2) is 5.68. The SMILES string of the molecule is B.O=C(C=C1C2CC3CC1CN(C3)C2)Nc1ccccc1. The van der Waals surface area contributed by atoms with Gasteiger partial charge in [0.05, 0.1) is 8.41 Å². The molecule has 3 nitrogen and oxygen atoms in total. The third kappa shape index (κ3) is 2.77. The number of anilines is 1. The molecule has 0 aromatic heterocycles. The van der Waals surface area contributed by atoms with Crippen LogP contribution in [-0.2, 0) is 4.79 Å². The van der Waals surface area contributed by atoms with Crippen molar-refractivity contribution in [1.82, 2.24) is 4.90 Å². The molecule has 21 heavy (non-hydrogen) atoms. The van der Waals surface area contributed by atoms with Crippen LogP contribution in [-0.4, -0.2) is 38.9 Å². The lowest BCUT2D eigenvalue weighted by Gasteiger charge is -2.53. The van der Waals surface area contributed by atoms with Crippen LogP contribution in [0.1, 0.15) is 12.8 Å². The maximum atomic E-state index is 12.2. The lowest BCUT2D eigenvalue weighted by atomic mass is 9.65. The van der Waals surface area contributed by atoms with E-state index in [1.165, 1.54) is 25.0 Å². The minimum absolute atomic E-state index is 0. The molecule has 2 atom stereocenters. The lowest BCUT2D eigenvalue weighted by molar-refractivity contribution is -0.112. The van der Waals surface area contributed by atoms with Crippen LogP contribution in [0, 0.1) is 17.8 Å². The molecule has 4 aliphatic rings. The smallest absolute Gasteiger partial charge is 0.248 e. The van der Waals surface area contributed by atoms with E-state index in [1.54, 1.807) is 0 Å². The zero-order valence-corrected chi connectivity index (χ0v) is 11.6. The van der Waals surface area contributed by atoms with Crippen LogP contribution >= 0.6 is 0 Å². The summed E-state index contributed by atoms with van der Waals surface area (Å²) in [6.07, 6.45) is 4.47. The summed E-state index contributed by atoms with van der Waals surface area (Å²) in [6, 6.07) is 9.70. The molecule has 1 amide bonds. The molecular weight excluding hydrogens is 259 g/mol. The van der Waals surface area contributed by atoms with Gasteiger partial charge in [-0.1, -0.05) is 23.8 Å². The quantitative estimate of drug-likeness (QED) is 0.656. The molecule has 3 aliphatic heterocycles. The molecule has 1 N–H and O–H groups in total. The van der Waals surface area contributed by atoms with Gasteiger partial charge in [-0.15, -0.1) is 0 Å². The van der Waals surface area contributed by atoms with Crippen molar-refractivity contribution >= 4 is 20.0 Å². The van der Waals surface area contributed by atoms with Crippen molar-refractivity contribution in [2.75, 3.05) is 25.0 Å². The van der Waals surface area contributed by atoms with E-state index in [9.17, 15) is 4.79 Å². The van der Waals surface area contributed by atoms with Gasteiger partial charge in [-0.3, -0.25) is 4.79 Å². The topological polar surface area (TPSA) is 32.3 Å². The third-order valence-corrected chi connectivity index (χ3v) is 4.99. The molecule has 1 aliphatic carbocycles. The number of hydrogen-bond acceptors (Lipinski definition) is 2. The van der Waals surface area contributed by atoms with Crippen molar-refractivity contribution < 1.29 is 4.79 Å². The van der Waals surface area contributed by atoms with Crippen molar-refractivity contribution in [1.29, 1.82) is 0 Å². The monoisotopic (exact) mass is 282 g/mol. The molecule has 3 saturated heterocycles. The Bertz CT molecular complexity index is 525.